The number of nitrogens with one attached hydrogen (secondary N) is 1. The minimum Gasteiger partial charge on any atom is -0.453 e. The number of benzene rings is 1. The first-order chi connectivity index (χ1) is 11.3. The summed E-state index contributed by atoms with van der Waals surface area (Å²) in [5.41, 5.74) is 0.417. The van der Waals surface area contributed by atoms with E-state index in [2.05, 4.69) is 5.32 Å². The highest BCUT2D eigenvalue weighted by molar-refractivity contribution is 7.89. The number of nitrogens with zero attached hydrogens (tertiary/aromatic N) is 1. The zero-order valence-corrected chi connectivity index (χ0v) is 14.3. The molecule has 1 amide bonds. The average Bonchev–Trinajstić information content (AvgIpc) is 2.55. The van der Waals surface area contributed by atoms with Crippen molar-refractivity contribution in [3.63, 3.8) is 0 Å². The number of ether oxygens (including phenoxy) is 2. The number of hydrogen-bond acceptors (Lipinski definition) is 6. The van der Waals surface area contributed by atoms with Crippen molar-refractivity contribution in [3.8, 4) is 0 Å². The third-order valence-electron chi connectivity index (χ3n) is 3.44. The van der Waals surface area contributed by atoms with E-state index in [1.54, 1.807) is 0 Å². The van der Waals surface area contributed by atoms with Gasteiger partial charge in [-0.2, -0.15) is 4.31 Å². The fourth-order valence-electron chi connectivity index (χ4n) is 2.19. The maximum Gasteiger partial charge on any atom is 0.303 e. The molecule has 1 aromatic carbocycles. The van der Waals surface area contributed by atoms with Gasteiger partial charge in [0.1, 0.15) is 0 Å². The van der Waals surface area contributed by atoms with Crippen LogP contribution < -0.4 is 5.32 Å². The van der Waals surface area contributed by atoms with Crippen LogP contribution in [-0.4, -0.2) is 57.0 Å². The number of carbonyl (C=O) groups excluding carboxylic acids is 2. The van der Waals surface area contributed by atoms with Crippen LogP contribution in [0, 0.1) is 0 Å². The SMILES string of the molecule is CC(=O)O[C@H](C)C(=O)Nc1ccc(S(=O)(=O)N2CCOCC2)cc1. The zero-order chi connectivity index (χ0) is 17.7. The molecule has 1 aliphatic rings. The number of carbonyl (C=O) groups is 2. The molecule has 0 spiro atoms. The lowest BCUT2D eigenvalue weighted by Crippen LogP contribution is -2.40. The number of rotatable bonds is 5. The summed E-state index contributed by atoms with van der Waals surface area (Å²) in [4.78, 5) is 22.8. The molecule has 0 bridgehead atoms. The van der Waals surface area contributed by atoms with Crippen LogP contribution in [0.5, 0.6) is 0 Å². The number of hydrogen-bond donors (Lipinski definition) is 1. The van der Waals surface area contributed by atoms with E-state index in [1.807, 2.05) is 0 Å². The quantitative estimate of drug-likeness (QED) is 0.775. The van der Waals surface area contributed by atoms with Gasteiger partial charge in [-0.25, -0.2) is 8.42 Å². The second-order valence-corrected chi connectivity index (χ2v) is 7.22. The Kier molecular flexibility index (Phi) is 5.92. The maximum absolute atomic E-state index is 12.5. The van der Waals surface area contributed by atoms with Gasteiger partial charge >= 0.3 is 5.97 Å². The van der Waals surface area contributed by atoms with Crippen molar-refractivity contribution >= 4 is 27.6 Å². The van der Waals surface area contributed by atoms with Gasteiger partial charge in [0.15, 0.2) is 6.10 Å². The summed E-state index contributed by atoms with van der Waals surface area (Å²) in [6.45, 7) is 4.06. The van der Waals surface area contributed by atoms with Gasteiger partial charge in [0.25, 0.3) is 5.91 Å². The summed E-state index contributed by atoms with van der Waals surface area (Å²) >= 11 is 0. The standard InChI is InChI=1S/C15H20N2O6S/c1-11(23-12(2)18)15(19)16-13-3-5-14(6-4-13)24(20,21)17-7-9-22-10-8-17/h3-6,11H,7-10H2,1-2H3,(H,16,19)/t11-/m1/s1. The molecule has 132 valence electrons. The molecule has 1 aliphatic heterocycles. The van der Waals surface area contributed by atoms with Crippen LogP contribution in [0.2, 0.25) is 0 Å². The largest absolute Gasteiger partial charge is 0.453 e. The number of anilines is 1. The van der Waals surface area contributed by atoms with E-state index in [0.717, 1.165) is 0 Å². The molecule has 1 N–H and O–H groups in total. The van der Waals surface area contributed by atoms with Crippen molar-refractivity contribution in [3.05, 3.63) is 24.3 Å². The smallest absolute Gasteiger partial charge is 0.303 e. The third-order valence-corrected chi connectivity index (χ3v) is 5.35. The highest BCUT2D eigenvalue weighted by Crippen LogP contribution is 2.19. The fourth-order valence-corrected chi connectivity index (χ4v) is 3.60. The third kappa shape index (κ3) is 4.53. The van der Waals surface area contributed by atoms with Crippen LogP contribution >= 0.6 is 0 Å². The van der Waals surface area contributed by atoms with Crippen molar-refractivity contribution in [2.45, 2.75) is 24.8 Å². The van der Waals surface area contributed by atoms with Crippen LogP contribution in [0.4, 0.5) is 5.69 Å². The number of morpholine rings is 1. The van der Waals surface area contributed by atoms with Crippen molar-refractivity contribution < 1.29 is 27.5 Å². The Morgan fingerprint density at radius 2 is 1.79 bits per heavy atom. The molecule has 0 saturated carbocycles. The molecule has 0 radical (unpaired) electrons. The first-order valence-electron chi connectivity index (χ1n) is 7.47. The predicted molar refractivity (Wildman–Crippen MR) is 85.9 cm³/mol. The van der Waals surface area contributed by atoms with E-state index in [-0.39, 0.29) is 4.90 Å². The van der Waals surface area contributed by atoms with Crippen molar-refractivity contribution in [1.29, 1.82) is 0 Å². The molecule has 8 nitrogen and oxygen atoms in total. The van der Waals surface area contributed by atoms with Gasteiger partial charge in [-0.15, -0.1) is 0 Å². The second kappa shape index (κ2) is 7.73. The normalized spacial score (nSPS) is 17.1. The highest BCUT2D eigenvalue weighted by atomic mass is 32.2. The first-order valence-corrected chi connectivity index (χ1v) is 8.91. The van der Waals surface area contributed by atoms with Gasteiger partial charge in [0.2, 0.25) is 10.0 Å². The van der Waals surface area contributed by atoms with E-state index >= 15 is 0 Å². The number of sulfonamides is 1. The monoisotopic (exact) mass is 356 g/mol. The zero-order valence-electron chi connectivity index (χ0n) is 13.5. The van der Waals surface area contributed by atoms with Gasteiger partial charge < -0.3 is 14.8 Å². The minimum absolute atomic E-state index is 0.149. The van der Waals surface area contributed by atoms with Gasteiger partial charge in [-0.3, -0.25) is 9.59 Å². The molecule has 1 atom stereocenters. The molecule has 1 saturated heterocycles. The summed E-state index contributed by atoms with van der Waals surface area (Å²) in [6, 6.07) is 5.84. The van der Waals surface area contributed by atoms with Crippen LogP contribution in [0.3, 0.4) is 0 Å². The van der Waals surface area contributed by atoms with Crippen LogP contribution in [0.15, 0.2) is 29.2 Å². The fraction of sp³-hybridized carbons (Fsp3) is 0.467. The molecule has 9 heteroatoms. The van der Waals surface area contributed by atoms with Gasteiger partial charge in [0, 0.05) is 25.7 Å². The summed E-state index contributed by atoms with van der Waals surface area (Å²) in [7, 11) is -3.57. The Bertz CT molecular complexity index is 695. The molecule has 24 heavy (non-hydrogen) atoms. The van der Waals surface area contributed by atoms with Crippen LogP contribution in [0.1, 0.15) is 13.8 Å². The predicted octanol–water partition coefficient (Wildman–Crippen LogP) is 0.598. The van der Waals surface area contributed by atoms with Gasteiger partial charge in [-0.1, -0.05) is 0 Å². The Balaban J connectivity index is 2.04. The molecule has 1 aromatic rings. The van der Waals surface area contributed by atoms with Crippen LogP contribution in [-0.2, 0) is 29.1 Å². The molecular weight excluding hydrogens is 336 g/mol. The number of esters is 1. The second-order valence-electron chi connectivity index (χ2n) is 5.28. The van der Waals surface area contributed by atoms with E-state index in [4.69, 9.17) is 9.47 Å². The molecule has 2 rings (SSSR count). The maximum atomic E-state index is 12.5. The van der Waals surface area contributed by atoms with E-state index in [9.17, 15) is 18.0 Å². The molecule has 1 fully saturated rings. The minimum atomic E-state index is -3.57. The molecule has 0 aromatic heterocycles. The summed E-state index contributed by atoms with van der Waals surface area (Å²) < 4.78 is 36.2. The van der Waals surface area contributed by atoms with E-state index < -0.39 is 28.0 Å². The molecule has 0 unspecified atom stereocenters. The lowest BCUT2D eigenvalue weighted by molar-refractivity contribution is -0.150. The summed E-state index contributed by atoms with van der Waals surface area (Å²) in [5.74, 6) is -1.04. The van der Waals surface area contributed by atoms with Crippen LogP contribution in [0.25, 0.3) is 0 Å². The Labute approximate surface area is 140 Å². The van der Waals surface area contributed by atoms with Crippen molar-refractivity contribution in [2.24, 2.45) is 0 Å². The van der Waals surface area contributed by atoms with Crippen molar-refractivity contribution in [2.75, 3.05) is 31.6 Å². The van der Waals surface area contributed by atoms with E-state index in [0.29, 0.717) is 32.0 Å². The topological polar surface area (TPSA) is 102 Å². The Hall–Kier alpha value is -1.97. The van der Waals surface area contributed by atoms with Gasteiger partial charge in [0.05, 0.1) is 18.1 Å². The summed E-state index contributed by atoms with van der Waals surface area (Å²) in [6.07, 6.45) is -0.931. The summed E-state index contributed by atoms with van der Waals surface area (Å²) in [5, 5.41) is 2.56. The highest BCUT2D eigenvalue weighted by Gasteiger charge is 2.26. The van der Waals surface area contributed by atoms with Gasteiger partial charge in [-0.05, 0) is 31.2 Å². The molecule has 1 heterocycles. The first kappa shape index (κ1) is 18.4. The number of amides is 1. The lowest BCUT2D eigenvalue weighted by atomic mass is 10.3. The Morgan fingerprint density at radius 3 is 2.33 bits per heavy atom. The average molecular weight is 356 g/mol. The molecule has 0 aliphatic carbocycles. The molecular formula is C15H20N2O6S. The Morgan fingerprint density at radius 1 is 1.21 bits per heavy atom. The van der Waals surface area contributed by atoms with Crippen molar-refractivity contribution in [1.82, 2.24) is 4.31 Å². The van der Waals surface area contributed by atoms with E-state index in [1.165, 1.54) is 42.4 Å². The lowest BCUT2D eigenvalue weighted by Gasteiger charge is -2.26.